The quantitative estimate of drug-likeness (QED) is 0.816. The highest BCUT2D eigenvalue weighted by atomic mass is 35.5. The number of anilines is 1. The van der Waals surface area contributed by atoms with Gasteiger partial charge in [0.1, 0.15) is 0 Å². The van der Waals surface area contributed by atoms with Crippen LogP contribution >= 0.6 is 23.2 Å². The summed E-state index contributed by atoms with van der Waals surface area (Å²) < 4.78 is 27.2. The number of nitrogens with one attached hydrogen (secondary N) is 2. The van der Waals surface area contributed by atoms with Gasteiger partial charge in [-0.15, -0.1) is 0 Å². The maximum absolute atomic E-state index is 12.4. The molecule has 128 valence electrons. The first-order chi connectivity index (χ1) is 11.2. The van der Waals surface area contributed by atoms with Gasteiger partial charge < -0.3 is 5.32 Å². The molecule has 2 rings (SSSR count). The summed E-state index contributed by atoms with van der Waals surface area (Å²) >= 11 is 11.9. The molecule has 0 saturated carbocycles. The molecule has 8 heteroatoms. The van der Waals surface area contributed by atoms with Crippen LogP contribution < -0.4 is 10.0 Å². The molecule has 0 aromatic heterocycles. The monoisotopic (exact) mass is 386 g/mol. The molecule has 24 heavy (non-hydrogen) atoms. The summed E-state index contributed by atoms with van der Waals surface area (Å²) in [5, 5.41) is 3.10. The molecule has 0 atom stereocenters. The molecule has 0 heterocycles. The van der Waals surface area contributed by atoms with Crippen LogP contribution in [0.4, 0.5) is 5.69 Å². The number of carbonyl (C=O) groups is 1. The number of carbonyl (C=O) groups excluding carboxylic acids is 1. The smallest absolute Gasteiger partial charge is 0.261 e. The summed E-state index contributed by atoms with van der Waals surface area (Å²) in [5.41, 5.74) is 0.564. The van der Waals surface area contributed by atoms with Crippen molar-refractivity contribution < 1.29 is 13.2 Å². The molecule has 0 radical (unpaired) electrons. The Labute approximate surface area is 151 Å². The summed E-state index contributed by atoms with van der Waals surface area (Å²) in [6, 6.07) is 10.3. The Bertz CT molecular complexity index is 850. The average Bonchev–Trinajstić information content (AvgIpc) is 2.51. The maximum Gasteiger partial charge on any atom is 0.261 e. The van der Waals surface area contributed by atoms with Gasteiger partial charge in [0.15, 0.2) is 0 Å². The fourth-order valence-corrected chi connectivity index (χ4v) is 3.39. The predicted molar refractivity (Wildman–Crippen MR) is 96.3 cm³/mol. The number of hydrogen-bond donors (Lipinski definition) is 2. The van der Waals surface area contributed by atoms with Gasteiger partial charge in [-0.2, -0.15) is 0 Å². The van der Waals surface area contributed by atoms with E-state index in [1.54, 1.807) is 12.1 Å². The van der Waals surface area contributed by atoms with Crippen molar-refractivity contribution in [3.8, 4) is 0 Å². The van der Waals surface area contributed by atoms with Crippen LogP contribution in [0.2, 0.25) is 10.0 Å². The molecule has 0 aliphatic heterocycles. The first-order valence-corrected chi connectivity index (χ1v) is 9.32. The number of halogens is 2. The van der Waals surface area contributed by atoms with Gasteiger partial charge in [0, 0.05) is 11.6 Å². The van der Waals surface area contributed by atoms with Crippen molar-refractivity contribution in [3.63, 3.8) is 0 Å². The van der Waals surface area contributed by atoms with E-state index >= 15 is 0 Å². The van der Waals surface area contributed by atoms with Crippen LogP contribution in [0.1, 0.15) is 24.2 Å². The highest BCUT2D eigenvalue weighted by Gasteiger charge is 2.17. The summed E-state index contributed by atoms with van der Waals surface area (Å²) in [5.74, 6) is -0.264. The third kappa shape index (κ3) is 4.41. The molecule has 1 amide bonds. The topological polar surface area (TPSA) is 75.3 Å². The van der Waals surface area contributed by atoms with Gasteiger partial charge in [-0.1, -0.05) is 29.3 Å². The largest absolute Gasteiger partial charge is 0.350 e. The van der Waals surface area contributed by atoms with Crippen molar-refractivity contribution in [2.24, 2.45) is 0 Å². The van der Waals surface area contributed by atoms with E-state index in [0.29, 0.717) is 5.56 Å². The first-order valence-electron chi connectivity index (χ1n) is 7.08. The standard InChI is InChI=1S/C16H16Cl2N2O3S/c1-10(2)19-16(21)11-6-8-12(9-7-11)24(22,23)20-14-5-3-4-13(17)15(14)18/h3-10,20H,1-2H3,(H,19,21). The molecule has 0 bridgehead atoms. The average molecular weight is 387 g/mol. The van der Waals surface area contributed by atoms with E-state index in [2.05, 4.69) is 10.0 Å². The van der Waals surface area contributed by atoms with E-state index in [-0.39, 0.29) is 32.6 Å². The molecule has 2 aromatic rings. The molecular formula is C16H16Cl2N2O3S. The molecule has 0 fully saturated rings. The minimum absolute atomic E-state index is 0.00690. The second-order valence-electron chi connectivity index (χ2n) is 5.36. The Kier molecular flexibility index (Phi) is 5.74. The van der Waals surface area contributed by atoms with Crippen LogP contribution in [0, 0.1) is 0 Å². The van der Waals surface area contributed by atoms with Crippen molar-refractivity contribution in [3.05, 3.63) is 58.1 Å². The summed E-state index contributed by atoms with van der Waals surface area (Å²) in [7, 11) is -3.84. The maximum atomic E-state index is 12.4. The molecule has 5 nitrogen and oxygen atoms in total. The lowest BCUT2D eigenvalue weighted by Crippen LogP contribution is -2.30. The third-order valence-corrected chi connectivity index (χ3v) is 5.24. The zero-order valence-corrected chi connectivity index (χ0v) is 15.3. The van der Waals surface area contributed by atoms with E-state index in [0.717, 1.165) is 0 Å². The number of rotatable bonds is 5. The van der Waals surface area contributed by atoms with Gasteiger partial charge in [0.2, 0.25) is 0 Å². The van der Waals surface area contributed by atoms with Gasteiger partial charge in [-0.25, -0.2) is 8.42 Å². The van der Waals surface area contributed by atoms with Crippen molar-refractivity contribution in [2.45, 2.75) is 24.8 Å². The Balaban J connectivity index is 2.24. The third-order valence-electron chi connectivity index (χ3n) is 3.04. The second-order valence-corrected chi connectivity index (χ2v) is 7.83. The molecule has 0 aliphatic carbocycles. The number of sulfonamides is 1. The van der Waals surface area contributed by atoms with Crippen molar-refractivity contribution in [2.75, 3.05) is 4.72 Å². The van der Waals surface area contributed by atoms with Crippen LogP contribution in [0.5, 0.6) is 0 Å². The highest BCUT2D eigenvalue weighted by Crippen LogP contribution is 2.31. The van der Waals surface area contributed by atoms with Gasteiger partial charge >= 0.3 is 0 Å². The zero-order valence-electron chi connectivity index (χ0n) is 13.0. The van der Waals surface area contributed by atoms with Gasteiger partial charge in [0.05, 0.1) is 20.6 Å². The lowest BCUT2D eigenvalue weighted by molar-refractivity contribution is 0.0943. The van der Waals surface area contributed by atoms with E-state index in [9.17, 15) is 13.2 Å². The first kappa shape index (κ1) is 18.6. The van der Waals surface area contributed by atoms with Crippen molar-refractivity contribution >= 4 is 44.8 Å². The SMILES string of the molecule is CC(C)NC(=O)c1ccc(S(=O)(=O)Nc2cccc(Cl)c2Cl)cc1. The Morgan fingerprint density at radius 2 is 1.67 bits per heavy atom. The molecule has 0 spiro atoms. The van der Waals surface area contributed by atoms with Gasteiger partial charge in [-0.05, 0) is 50.2 Å². The van der Waals surface area contributed by atoms with Crippen LogP contribution in [-0.4, -0.2) is 20.4 Å². The van der Waals surface area contributed by atoms with Crippen LogP contribution in [0.3, 0.4) is 0 Å². The molecule has 0 aliphatic rings. The van der Waals surface area contributed by atoms with E-state index in [1.807, 2.05) is 13.8 Å². The van der Waals surface area contributed by atoms with Crippen LogP contribution in [0.15, 0.2) is 47.4 Å². The lowest BCUT2D eigenvalue weighted by atomic mass is 10.2. The van der Waals surface area contributed by atoms with E-state index < -0.39 is 10.0 Å². The Hall–Kier alpha value is -1.76. The zero-order chi connectivity index (χ0) is 17.9. The fourth-order valence-electron chi connectivity index (χ4n) is 1.92. The summed E-state index contributed by atoms with van der Waals surface area (Å²) in [6.07, 6.45) is 0. The van der Waals surface area contributed by atoms with Gasteiger partial charge in [-0.3, -0.25) is 9.52 Å². The number of benzene rings is 2. The van der Waals surface area contributed by atoms with Gasteiger partial charge in [0.25, 0.3) is 15.9 Å². The van der Waals surface area contributed by atoms with E-state index in [4.69, 9.17) is 23.2 Å². The molecule has 0 saturated heterocycles. The normalized spacial score (nSPS) is 11.4. The molecule has 2 aromatic carbocycles. The second kappa shape index (κ2) is 7.42. The van der Waals surface area contributed by atoms with Crippen molar-refractivity contribution in [1.29, 1.82) is 0 Å². The predicted octanol–water partition coefficient (Wildman–Crippen LogP) is 3.93. The highest BCUT2D eigenvalue weighted by molar-refractivity contribution is 7.92. The minimum Gasteiger partial charge on any atom is -0.350 e. The van der Waals surface area contributed by atoms with E-state index in [1.165, 1.54) is 30.3 Å². The molecule has 2 N–H and O–H groups in total. The van der Waals surface area contributed by atoms with Crippen molar-refractivity contribution in [1.82, 2.24) is 5.32 Å². The van der Waals surface area contributed by atoms with Crippen LogP contribution in [0.25, 0.3) is 0 Å². The molecular weight excluding hydrogens is 371 g/mol. The summed E-state index contributed by atoms with van der Waals surface area (Å²) in [4.78, 5) is 11.9. The lowest BCUT2D eigenvalue weighted by Gasteiger charge is -2.11. The Morgan fingerprint density at radius 1 is 1.04 bits per heavy atom. The summed E-state index contributed by atoms with van der Waals surface area (Å²) in [6.45, 7) is 3.69. The van der Waals surface area contributed by atoms with Crippen LogP contribution in [-0.2, 0) is 10.0 Å². The number of amides is 1. The minimum atomic E-state index is -3.84. The molecule has 0 unspecified atom stereocenters. The fraction of sp³-hybridized carbons (Fsp3) is 0.188. The number of hydrogen-bond acceptors (Lipinski definition) is 3. The Morgan fingerprint density at radius 3 is 2.25 bits per heavy atom.